The van der Waals surface area contributed by atoms with Crippen molar-refractivity contribution >= 4 is 17.1 Å². The molecule has 2 heterocycles. The molecule has 0 bridgehead atoms. The Morgan fingerprint density at radius 1 is 1.35 bits per heavy atom. The number of carbonyl (C=O) groups excluding carboxylic acids is 1. The lowest BCUT2D eigenvalue weighted by molar-refractivity contribution is 0.103. The van der Waals surface area contributed by atoms with E-state index >= 15 is 0 Å². The molecule has 1 aliphatic heterocycles. The van der Waals surface area contributed by atoms with Gasteiger partial charge in [0.15, 0.2) is 11.5 Å². The minimum atomic E-state index is -0.165. The fraction of sp³-hybridized carbons (Fsp3) is 0.286. The summed E-state index contributed by atoms with van der Waals surface area (Å²) in [6, 6.07) is 5.00. The van der Waals surface area contributed by atoms with Gasteiger partial charge in [-0.05, 0) is 25.1 Å². The Morgan fingerprint density at radius 3 is 2.80 bits per heavy atom. The predicted molar refractivity (Wildman–Crippen MR) is 75.6 cm³/mol. The van der Waals surface area contributed by atoms with E-state index in [1.54, 1.807) is 23.6 Å². The van der Waals surface area contributed by atoms with Crippen molar-refractivity contribution < 1.29 is 14.3 Å². The third-order valence-corrected chi connectivity index (χ3v) is 3.99. The second-order valence-electron chi connectivity index (χ2n) is 4.55. The van der Waals surface area contributed by atoms with Crippen molar-refractivity contribution in [2.45, 2.75) is 13.0 Å². The SMILES string of the molecule is CC(N)c1nc(C(=O)c2ccc3c(c2)OCCO3)cs1. The van der Waals surface area contributed by atoms with E-state index in [1.807, 2.05) is 6.92 Å². The van der Waals surface area contributed by atoms with Crippen LogP contribution in [-0.4, -0.2) is 24.0 Å². The lowest BCUT2D eigenvalue weighted by Gasteiger charge is -2.18. The number of ketones is 1. The van der Waals surface area contributed by atoms with Crippen molar-refractivity contribution in [3.63, 3.8) is 0 Å². The van der Waals surface area contributed by atoms with E-state index in [1.165, 1.54) is 11.3 Å². The Hall–Kier alpha value is -1.92. The number of benzene rings is 1. The van der Waals surface area contributed by atoms with Gasteiger partial charge < -0.3 is 15.2 Å². The van der Waals surface area contributed by atoms with Gasteiger partial charge in [0.25, 0.3) is 0 Å². The van der Waals surface area contributed by atoms with E-state index in [9.17, 15) is 4.79 Å². The third-order valence-electron chi connectivity index (χ3n) is 2.95. The maximum atomic E-state index is 12.4. The lowest BCUT2D eigenvalue weighted by atomic mass is 10.1. The molecule has 0 amide bonds. The van der Waals surface area contributed by atoms with E-state index in [0.717, 1.165) is 5.01 Å². The summed E-state index contributed by atoms with van der Waals surface area (Å²) in [6.45, 7) is 2.87. The summed E-state index contributed by atoms with van der Waals surface area (Å²) in [5, 5.41) is 2.49. The molecule has 3 rings (SSSR count). The second-order valence-corrected chi connectivity index (χ2v) is 5.44. The van der Waals surface area contributed by atoms with Gasteiger partial charge in [-0.1, -0.05) is 0 Å². The molecule has 1 aromatic carbocycles. The van der Waals surface area contributed by atoms with Crippen molar-refractivity contribution in [2.24, 2.45) is 5.73 Å². The summed E-state index contributed by atoms with van der Waals surface area (Å²) in [4.78, 5) is 16.6. The Bertz CT molecular complexity index is 652. The highest BCUT2D eigenvalue weighted by Gasteiger charge is 2.18. The summed E-state index contributed by atoms with van der Waals surface area (Å²) in [5.74, 6) is 1.14. The summed E-state index contributed by atoms with van der Waals surface area (Å²) in [6.07, 6.45) is 0. The van der Waals surface area contributed by atoms with Gasteiger partial charge in [-0.3, -0.25) is 4.79 Å². The van der Waals surface area contributed by atoms with Crippen LogP contribution in [0.5, 0.6) is 11.5 Å². The molecule has 0 spiro atoms. The maximum absolute atomic E-state index is 12.4. The lowest BCUT2D eigenvalue weighted by Crippen LogP contribution is -2.16. The molecule has 104 valence electrons. The first-order valence-electron chi connectivity index (χ1n) is 6.30. The number of carbonyl (C=O) groups is 1. The zero-order chi connectivity index (χ0) is 14.1. The van der Waals surface area contributed by atoms with Crippen LogP contribution in [-0.2, 0) is 0 Å². The molecular formula is C14H14N2O3S. The van der Waals surface area contributed by atoms with Crippen LogP contribution in [0.1, 0.15) is 34.0 Å². The Morgan fingerprint density at radius 2 is 2.10 bits per heavy atom. The van der Waals surface area contributed by atoms with Gasteiger partial charge >= 0.3 is 0 Å². The van der Waals surface area contributed by atoms with Crippen molar-refractivity contribution in [1.82, 2.24) is 4.98 Å². The van der Waals surface area contributed by atoms with Crippen LogP contribution in [0.25, 0.3) is 0 Å². The van der Waals surface area contributed by atoms with Crippen molar-refractivity contribution in [3.05, 3.63) is 39.8 Å². The molecule has 2 N–H and O–H groups in total. The minimum Gasteiger partial charge on any atom is -0.486 e. The average molecular weight is 290 g/mol. The zero-order valence-corrected chi connectivity index (χ0v) is 11.8. The smallest absolute Gasteiger partial charge is 0.212 e. The molecule has 5 nitrogen and oxygen atoms in total. The maximum Gasteiger partial charge on any atom is 0.212 e. The molecule has 0 saturated heterocycles. The first kappa shape index (κ1) is 13.1. The van der Waals surface area contributed by atoms with Gasteiger partial charge in [0, 0.05) is 10.9 Å². The number of fused-ring (bicyclic) bond motifs is 1. The van der Waals surface area contributed by atoms with Crippen molar-refractivity contribution in [3.8, 4) is 11.5 Å². The number of ether oxygens (including phenoxy) is 2. The molecule has 2 aromatic rings. The zero-order valence-electron chi connectivity index (χ0n) is 11.0. The highest BCUT2D eigenvalue weighted by Crippen LogP contribution is 2.31. The number of aromatic nitrogens is 1. The summed E-state index contributed by atoms with van der Waals surface area (Å²) >= 11 is 1.40. The quantitative estimate of drug-likeness (QED) is 0.877. The van der Waals surface area contributed by atoms with Gasteiger partial charge in [0.1, 0.15) is 23.9 Å². The van der Waals surface area contributed by atoms with Crippen LogP contribution in [0.4, 0.5) is 0 Å². The standard InChI is InChI=1S/C14H14N2O3S/c1-8(15)14-16-10(7-20-14)13(17)9-2-3-11-12(6-9)19-5-4-18-11/h2-3,6-8H,4-5,15H2,1H3. The summed E-state index contributed by atoms with van der Waals surface area (Å²) in [5.41, 5.74) is 6.71. The van der Waals surface area contributed by atoms with E-state index in [4.69, 9.17) is 15.2 Å². The van der Waals surface area contributed by atoms with E-state index in [2.05, 4.69) is 4.98 Å². The van der Waals surface area contributed by atoms with Gasteiger partial charge in [0.2, 0.25) is 5.78 Å². The number of hydrogen-bond donors (Lipinski definition) is 1. The molecule has 1 unspecified atom stereocenters. The van der Waals surface area contributed by atoms with Gasteiger partial charge in [-0.25, -0.2) is 4.98 Å². The molecule has 20 heavy (non-hydrogen) atoms. The van der Waals surface area contributed by atoms with Gasteiger partial charge in [0.05, 0.1) is 6.04 Å². The van der Waals surface area contributed by atoms with Crippen LogP contribution in [0.2, 0.25) is 0 Å². The largest absolute Gasteiger partial charge is 0.486 e. The van der Waals surface area contributed by atoms with E-state index in [-0.39, 0.29) is 11.8 Å². The summed E-state index contributed by atoms with van der Waals surface area (Å²) in [7, 11) is 0. The molecule has 0 saturated carbocycles. The van der Waals surface area contributed by atoms with Gasteiger partial charge in [-0.2, -0.15) is 0 Å². The van der Waals surface area contributed by atoms with E-state index in [0.29, 0.717) is 36.0 Å². The number of hydrogen-bond acceptors (Lipinski definition) is 6. The van der Waals surface area contributed by atoms with Crippen LogP contribution in [0.3, 0.4) is 0 Å². The number of nitrogens with zero attached hydrogens (tertiary/aromatic N) is 1. The fourth-order valence-corrected chi connectivity index (χ4v) is 2.69. The van der Waals surface area contributed by atoms with Crippen LogP contribution >= 0.6 is 11.3 Å². The topological polar surface area (TPSA) is 74.4 Å². The highest BCUT2D eigenvalue weighted by atomic mass is 32.1. The average Bonchev–Trinajstić information content (AvgIpc) is 2.96. The van der Waals surface area contributed by atoms with Crippen molar-refractivity contribution in [2.75, 3.05) is 13.2 Å². The fourth-order valence-electron chi connectivity index (χ4n) is 1.93. The minimum absolute atomic E-state index is 0.134. The van der Waals surface area contributed by atoms with Crippen LogP contribution < -0.4 is 15.2 Å². The molecule has 0 radical (unpaired) electrons. The molecular weight excluding hydrogens is 276 g/mol. The van der Waals surface area contributed by atoms with Crippen LogP contribution in [0, 0.1) is 0 Å². The van der Waals surface area contributed by atoms with Gasteiger partial charge in [-0.15, -0.1) is 11.3 Å². The van der Waals surface area contributed by atoms with Crippen molar-refractivity contribution in [1.29, 1.82) is 0 Å². The monoisotopic (exact) mass is 290 g/mol. The number of thiazole rings is 1. The Balaban J connectivity index is 1.89. The predicted octanol–water partition coefficient (Wildman–Crippen LogP) is 2.17. The molecule has 1 aromatic heterocycles. The second kappa shape index (κ2) is 5.22. The highest BCUT2D eigenvalue weighted by molar-refractivity contribution is 7.09. The molecule has 1 aliphatic rings. The third kappa shape index (κ3) is 2.39. The molecule has 1 atom stereocenters. The normalized spacial score (nSPS) is 14.9. The van der Waals surface area contributed by atoms with E-state index < -0.39 is 0 Å². The Labute approximate surface area is 120 Å². The number of nitrogens with two attached hydrogens (primary N) is 1. The van der Waals surface area contributed by atoms with Crippen LogP contribution in [0.15, 0.2) is 23.6 Å². The first-order valence-corrected chi connectivity index (χ1v) is 7.18. The summed E-state index contributed by atoms with van der Waals surface area (Å²) < 4.78 is 10.9. The molecule has 6 heteroatoms. The Kier molecular flexibility index (Phi) is 3.42. The molecule has 0 fully saturated rings. The number of rotatable bonds is 3. The first-order chi connectivity index (χ1) is 9.65. The molecule has 0 aliphatic carbocycles.